The molecule has 0 aliphatic heterocycles. The maximum atomic E-state index is 5.91. The van der Waals surface area contributed by atoms with Crippen LogP contribution in [0.2, 0.25) is 5.02 Å². The van der Waals surface area contributed by atoms with E-state index in [1.54, 1.807) is 20.4 Å². The van der Waals surface area contributed by atoms with Gasteiger partial charge in [0.05, 0.1) is 7.11 Å². The van der Waals surface area contributed by atoms with Crippen molar-refractivity contribution in [2.45, 2.75) is 13.1 Å². The van der Waals surface area contributed by atoms with Crippen LogP contribution in [-0.4, -0.2) is 25.1 Å². The number of nitrogens with zero attached hydrogens (tertiary/aromatic N) is 2. The molecule has 2 N–H and O–H groups in total. The second kappa shape index (κ2) is 12.2. The van der Waals surface area contributed by atoms with E-state index in [0.717, 1.165) is 21.9 Å². The third kappa shape index (κ3) is 7.38. The minimum absolute atomic E-state index is 0. The third-order valence-electron chi connectivity index (χ3n) is 4.14. The molecule has 6 nitrogen and oxygen atoms in total. The number of methoxy groups -OCH3 is 1. The van der Waals surface area contributed by atoms with E-state index in [2.05, 4.69) is 20.6 Å². The number of ether oxygens (including phenoxy) is 2. The van der Waals surface area contributed by atoms with Gasteiger partial charge in [-0.15, -0.1) is 24.0 Å². The molecule has 30 heavy (non-hydrogen) atoms. The molecule has 0 radical (unpaired) electrons. The van der Waals surface area contributed by atoms with E-state index >= 15 is 0 Å². The molecule has 0 aliphatic carbocycles. The molecule has 1 aromatic heterocycles. The Kier molecular flexibility index (Phi) is 9.69. The second-order valence-electron chi connectivity index (χ2n) is 6.19. The van der Waals surface area contributed by atoms with Gasteiger partial charge in [-0.1, -0.05) is 29.8 Å². The van der Waals surface area contributed by atoms with E-state index in [9.17, 15) is 0 Å². The van der Waals surface area contributed by atoms with E-state index < -0.39 is 0 Å². The quantitative estimate of drug-likeness (QED) is 0.251. The molecular formula is C22H24ClIN4O2. The number of aromatic nitrogens is 1. The molecule has 0 atom stereocenters. The summed E-state index contributed by atoms with van der Waals surface area (Å²) in [6, 6.07) is 18.9. The maximum absolute atomic E-state index is 5.91. The summed E-state index contributed by atoms with van der Waals surface area (Å²) >= 11 is 5.91. The summed E-state index contributed by atoms with van der Waals surface area (Å²) in [5, 5.41) is 7.26. The predicted octanol–water partition coefficient (Wildman–Crippen LogP) is 5.02. The molecule has 0 spiro atoms. The summed E-state index contributed by atoms with van der Waals surface area (Å²) in [6.07, 6.45) is 1.78. The average molecular weight is 539 g/mol. The molecule has 0 unspecified atom stereocenters. The first-order valence-electron chi connectivity index (χ1n) is 9.12. The van der Waals surface area contributed by atoms with Crippen LogP contribution in [0.4, 0.5) is 0 Å². The van der Waals surface area contributed by atoms with Gasteiger partial charge in [0.15, 0.2) is 5.96 Å². The fourth-order valence-electron chi connectivity index (χ4n) is 2.53. The van der Waals surface area contributed by atoms with Crippen LogP contribution in [-0.2, 0) is 13.1 Å². The van der Waals surface area contributed by atoms with Gasteiger partial charge >= 0.3 is 0 Å². The van der Waals surface area contributed by atoms with E-state index in [1.807, 2.05) is 60.7 Å². The fraction of sp³-hybridized carbons (Fsp3) is 0.182. The molecule has 0 bridgehead atoms. The number of benzene rings is 2. The van der Waals surface area contributed by atoms with E-state index in [-0.39, 0.29) is 24.0 Å². The Labute approximate surface area is 198 Å². The summed E-state index contributed by atoms with van der Waals surface area (Å²) in [5.41, 5.74) is 2.14. The van der Waals surface area contributed by atoms with Crippen LogP contribution in [0.25, 0.3) is 0 Å². The second-order valence-corrected chi connectivity index (χ2v) is 6.62. The van der Waals surface area contributed by atoms with Crippen molar-refractivity contribution in [3.63, 3.8) is 0 Å². The predicted molar refractivity (Wildman–Crippen MR) is 131 cm³/mol. The molecule has 158 valence electrons. The van der Waals surface area contributed by atoms with Crippen LogP contribution in [0, 0.1) is 0 Å². The monoisotopic (exact) mass is 538 g/mol. The number of hydrogen-bond acceptors (Lipinski definition) is 4. The number of guanidine groups is 1. The van der Waals surface area contributed by atoms with Gasteiger partial charge in [-0.3, -0.25) is 4.99 Å². The summed E-state index contributed by atoms with van der Waals surface area (Å²) in [6.45, 7) is 1.25. The molecule has 0 saturated heterocycles. The van der Waals surface area contributed by atoms with Crippen LogP contribution in [0.15, 0.2) is 71.9 Å². The highest BCUT2D eigenvalue weighted by Gasteiger charge is 2.02. The molecule has 3 aromatic rings. The number of hydrogen-bond donors (Lipinski definition) is 2. The van der Waals surface area contributed by atoms with Crippen molar-refractivity contribution in [1.29, 1.82) is 0 Å². The lowest BCUT2D eigenvalue weighted by atomic mass is 10.2. The summed E-state index contributed by atoms with van der Waals surface area (Å²) in [5.74, 6) is 2.73. The first-order valence-corrected chi connectivity index (χ1v) is 9.50. The van der Waals surface area contributed by atoms with Crippen LogP contribution in [0.3, 0.4) is 0 Å². The topological polar surface area (TPSA) is 67.8 Å². The zero-order chi connectivity index (χ0) is 20.5. The molecule has 0 aliphatic rings. The minimum atomic E-state index is 0. The summed E-state index contributed by atoms with van der Waals surface area (Å²) in [4.78, 5) is 8.59. The van der Waals surface area contributed by atoms with Crippen molar-refractivity contribution in [2.24, 2.45) is 4.99 Å². The lowest BCUT2D eigenvalue weighted by Crippen LogP contribution is -2.36. The maximum Gasteiger partial charge on any atom is 0.219 e. The normalized spacial score (nSPS) is 10.7. The molecule has 1 heterocycles. The Morgan fingerprint density at radius 1 is 0.900 bits per heavy atom. The van der Waals surface area contributed by atoms with Crippen molar-refractivity contribution in [3.05, 3.63) is 83.0 Å². The fourth-order valence-corrected chi connectivity index (χ4v) is 2.66. The van der Waals surface area contributed by atoms with Gasteiger partial charge in [0.2, 0.25) is 5.88 Å². The Morgan fingerprint density at radius 3 is 2.07 bits per heavy atom. The zero-order valence-electron chi connectivity index (χ0n) is 16.8. The molecule has 3 rings (SSSR count). The minimum Gasteiger partial charge on any atom is -0.497 e. The number of aliphatic imine (C=N–C) groups is 1. The largest absolute Gasteiger partial charge is 0.497 e. The Bertz CT molecular complexity index is 933. The van der Waals surface area contributed by atoms with E-state index in [0.29, 0.717) is 30.7 Å². The molecule has 2 aromatic carbocycles. The van der Waals surface area contributed by atoms with E-state index in [4.69, 9.17) is 21.1 Å². The average Bonchev–Trinajstić information content (AvgIpc) is 2.76. The van der Waals surface area contributed by atoms with Crippen molar-refractivity contribution in [3.8, 4) is 17.4 Å². The van der Waals surface area contributed by atoms with Crippen molar-refractivity contribution >= 4 is 41.5 Å². The molecule has 8 heteroatoms. The lowest BCUT2D eigenvalue weighted by Gasteiger charge is -2.12. The Hall–Kier alpha value is -2.52. The Balaban J connectivity index is 0.00000320. The smallest absolute Gasteiger partial charge is 0.219 e. The first-order chi connectivity index (χ1) is 14.2. The van der Waals surface area contributed by atoms with Gasteiger partial charge in [-0.2, -0.15) is 0 Å². The van der Waals surface area contributed by atoms with Gasteiger partial charge in [-0.25, -0.2) is 4.98 Å². The van der Waals surface area contributed by atoms with E-state index in [1.165, 1.54) is 0 Å². The SMILES string of the molecule is CN=C(NCc1ccc(Cl)cc1)NCc1ccc(Oc2ccc(OC)cc2)nc1.I. The lowest BCUT2D eigenvalue weighted by molar-refractivity contribution is 0.412. The van der Waals surface area contributed by atoms with Gasteiger partial charge in [0, 0.05) is 37.4 Å². The molecule has 0 saturated carbocycles. The van der Waals surface area contributed by atoms with Crippen molar-refractivity contribution < 1.29 is 9.47 Å². The summed E-state index contributed by atoms with van der Waals surface area (Å²) in [7, 11) is 3.37. The standard InChI is InChI=1S/C22H23ClN4O2.HI/c1-24-22(26-13-16-3-6-18(23)7-4-16)27-15-17-5-12-21(25-14-17)29-20-10-8-19(28-2)9-11-20;/h3-12,14H,13,15H2,1-2H3,(H2,24,26,27);1H. The van der Waals surface area contributed by atoms with Gasteiger partial charge in [-0.05, 0) is 47.5 Å². The van der Waals surface area contributed by atoms with Crippen LogP contribution < -0.4 is 20.1 Å². The number of halogens is 2. The molecular weight excluding hydrogens is 515 g/mol. The first kappa shape index (κ1) is 23.8. The highest BCUT2D eigenvalue weighted by atomic mass is 127. The molecule has 0 amide bonds. The number of nitrogens with one attached hydrogen (secondary N) is 2. The van der Waals surface area contributed by atoms with Gasteiger partial charge < -0.3 is 20.1 Å². The van der Waals surface area contributed by atoms with Crippen molar-refractivity contribution in [1.82, 2.24) is 15.6 Å². The highest BCUT2D eigenvalue weighted by molar-refractivity contribution is 14.0. The van der Waals surface area contributed by atoms with Crippen molar-refractivity contribution in [2.75, 3.05) is 14.2 Å². The van der Waals surface area contributed by atoms with Crippen LogP contribution >= 0.6 is 35.6 Å². The van der Waals surface area contributed by atoms with Gasteiger partial charge in [0.1, 0.15) is 11.5 Å². The molecule has 0 fully saturated rings. The van der Waals surface area contributed by atoms with Crippen LogP contribution in [0.1, 0.15) is 11.1 Å². The van der Waals surface area contributed by atoms with Crippen LogP contribution in [0.5, 0.6) is 17.4 Å². The summed E-state index contributed by atoms with van der Waals surface area (Å²) < 4.78 is 10.9. The Morgan fingerprint density at radius 2 is 1.50 bits per heavy atom. The number of rotatable bonds is 7. The van der Waals surface area contributed by atoms with Gasteiger partial charge in [0.25, 0.3) is 0 Å². The zero-order valence-corrected chi connectivity index (χ0v) is 19.8. The highest BCUT2D eigenvalue weighted by Crippen LogP contribution is 2.22. The third-order valence-corrected chi connectivity index (χ3v) is 4.39. The number of pyridine rings is 1.